The Labute approximate surface area is 162 Å². The van der Waals surface area contributed by atoms with Gasteiger partial charge in [-0.15, -0.1) is 0 Å². The average molecular weight is 399 g/mol. The maximum atomic E-state index is 13.0. The summed E-state index contributed by atoms with van der Waals surface area (Å²) < 4.78 is 45.1. The lowest BCUT2D eigenvalue weighted by Crippen LogP contribution is -2.34. The summed E-state index contributed by atoms with van der Waals surface area (Å²) in [6.45, 7) is -0.463. The lowest BCUT2D eigenvalue weighted by atomic mass is 10.0. The molecule has 0 radical (unpaired) electrons. The molecule has 7 heteroatoms. The maximum Gasteiger partial charge on any atom is 0.264 e. The van der Waals surface area contributed by atoms with Crippen molar-refractivity contribution in [2.75, 3.05) is 6.61 Å². The third kappa shape index (κ3) is 5.03. The van der Waals surface area contributed by atoms with Gasteiger partial charge in [0.05, 0.1) is 4.90 Å². The van der Waals surface area contributed by atoms with E-state index in [4.69, 9.17) is 4.74 Å². The van der Waals surface area contributed by atoms with Gasteiger partial charge in [0.2, 0.25) is 0 Å². The van der Waals surface area contributed by atoms with Crippen molar-refractivity contribution in [2.45, 2.75) is 11.0 Å². The minimum absolute atomic E-state index is 0.204. The predicted octanol–water partition coefficient (Wildman–Crippen LogP) is 3.44. The summed E-state index contributed by atoms with van der Waals surface area (Å²) in [6.07, 6.45) is -0.526. The van der Waals surface area contributed by atoms with E-state index in [2.05, 4.69) is 0 Å². The Morgan fingerprint density at radius 2 is 1.36 bits per heavy atom. The van der Waals surface area contributed by atoms with Crippen LogP contribution in [0.4, 0.5) is 4.39 Å². The summed E-state index contributed by atoms with van der Waals surface area (Å²) in [6, 6.07) is 22.8. The van der Waals surface area contributed by atoms with Gasteiger partial charge in [0.15, 0.2) is 0 Å². The first-order valence-electron chi connectivity index (χ1n) is 8.48. The normalized spacial score (nSPS) is 11.4. The molecule has 0 saturated heterocycles. The van der Waals surface area contributed by atoms with Crippen LogP contribution in [0.2, 0.25) is 0 Å². The van der Waals surface area contributed by atoms with Crippen molar-refractivity contribution in [2.24, 2.45) is 0 Å². The lowest BCUT2D eigenvalue weighted by Gasteiger charge is -2.18. The topological polar surface area (TPSA) is 72.5 Å². The van der Waals surface area contributed by atoms with Crippen LogP contribution in [0.1, 0.15) is 17.2 Å². The highest BCUT2D eigenvalue weighted by molar-refractivity contribution is 7.90. The molecule has 0 aromatic heterocycles. The molecule has 3 aromatic rings. The second-order valence-electron chi connectivity index (χ2n) is 6.00. The van der Waals surface area contributed by atoms with Crippen molar-refractivity contribution in [1.82, 2.24) is 4.72 Å². The first-order valence-corrected chi connectivity index (χ1v) is 9.97. The molecule has 0 fully saturated rings. The number of carbonyl (C=O) groups excluding carboxylic acids is 1. The van der Waals surface area contributed by atoms with Gasteiger partial charge in [-0.25, -0.2) is 17.5 Å². The van der Waals surface area contributed by atoms with Crippen LogP contribution in [0.25, 0.3) is 0 Å². The number of carbonyl (C=O) groups is 1. The Morgan fingerprint density at radius 1 is 0.857 bits per heavy atom. The first-order chi connectivity index (χ1) is 13.5. The van der Waals surface area contributed by atoms with Gasteiger partial charge in [-0.3, -0.25) is 4.79 Å². The van der Waals surface area contributed by atoms with Crippen LogP contribution in [-0.2, 0) is 19.6 Å². The summed E-state index contributed by atoms with van der Waals surface area (Å²) in [5, 5.41) is 0. The summed E-state index contributed by atoms with van der Waals surface area (Å²) in [5.41, 5.74) is 1.67. The van der Waals surface area contributed by atoms with Crippen LogP contribution in [0.5, 0.6) is 0 Å². The van der Waals surface area contributed by atoms with Crippen molar-refractivity contribution < 1.29 is 22.3 Å². The van der Waals surface area contributed by atoms with Gasteiger partial charge in [0.25, 0.3) is 15.9 Å². The van der Waals surface area contributed by atoms with Crippen molar-refractivity contribution in [3.05, 3.63) is 102 Å². The third-order valence-corrected chi connectivity index (χ3v) is 5.35. The molecule has 5 nitrogen and oxygen atoms in total. The van der Waals surface area contributed by atoms with Crippen LogP contribution in [0.15, 0.2) is 89.8 Å². The van der Waals surface area contributed by atoms with E-state index in [0.29, 0.717) is 0 Å². The minimum atomic E-state index is -4.10. The molecule has 3 aromatic carbocycles. The van der Waals surface area contributed by atoms with E-state index >= 15 is 0 Å². The fourth-order valence-electron chi connectivity index (χ4n) is 2.65. The predicted molar refractivity (Wildman–Crippen MR) is 102 cm³/mol. The number of benzene rings is 3. The zero-order valence-electron chi connectivity index (χ0n) is 14.8. The van der Waals surface area contributed by atoms with E-state index in [9.17, 15) is 17.6 Å². The number of hydrogen-bond donors (Lipinski definition) is 1. The van der Waals surface area contributed by atoms with Crippen LogP contribution in [0.3, 0.4) is 0 Å². The molecule has 0 saturated carbocycles. The summed E-state index contributed by atoms with van der Waals surface area (Å²) in [4.78, 5) is 12.0. The second kappa shape index (κ2) is 8.77. The van der Waals surface area contributed by atoms with Gasteiger partial charge >= 0.3 is 0 Å². The largest absolute Gasteiger partial charge is 0.359 e. The third-order valence-electron chi connectivity index (χ3n) is 3.96. The van der Waals surface area contributed by atoms with E-state index in [1.165, 1.54) is 0 Å². The molecule has 0 bridgehead atoms. The molecule has 0 aliphatic rings. The standard InChI is InChI=1S/C21H18FNO4S/c22-18-11-13-19(14-12-18)28(25,26)23-20(24)15-27-21(16-7-3-1-4-8-16)17-9-5-2-6-10-17/h1-14,21H,15H2,(H,23,24). The minimum Gasteiger partial charge on any atom is -0.359 e. The first kappa shape index (κ1) is 19.7. The van der Waals surface area contributed by atoms with Gasteiger partial charge in [-0.1, -0.05) is 60.7 Å². The Kier molecular flexibility index (Phi) is 6.18. The molecule has 0 spiro atoms. The fourth-order valence-corrected chi connectivity index (χ4v) is 3.62. The van der Waals surface area contributed by atoms with E-state index in [1.54, 1.807) is 0 Å². The Bertz CT molecular complexity index is 984. The molecule has 0 aliphatic carbocycles. The molecular formula is C21H18FNO4S. The molecule has 0 atom stereocenters. The van der Waals surface area contributed by atoms with Crippen LogP contribution >= 0.6 is 0 Å². The monoisotopic (exact) mass is 399 g/mol. The average Bonchev–Trinajstić information content (AvgIpc) is 2.70. The van der Waals surface area contributed by atoms with Gasteiger partial charge in [0.1, 0.15) is 18.5 Å². The summed E-state index contributed by atoms with van der Waals surface area (Å²) >= 11 is 0. The van der Waals surface area contributed by atoms with Gasteiger partial charge < -0.3 is 4.74 Å². The second-order valence-corrected chi connectivity index (χ2v) is 7.68. The quantitative estimate of drug-likeness (QED) is 0.661. The molecule has 3 rings (SSSR count). The number of hydrogen-bond acceptors (Lipinski definition) is 4. The molecule has 1 N–H and O–H groups in total. The lowest BCUT2D eigenvalue weighted by molar-refractivity contribution is -0.125. The summed E-state index contributed by atoms with van der Waals surface area (Å²) in [7, 11) is -4.10. The molecule has 28 heavy (non-hydrogen) atoms. The highest BCUT2D eigenvalue weighted by Crippen LogP contribution is 2.25. The fraction of sp³-hybridized carbons (Fsp3) is 0.0952. The van der Waals surface area contributed by atoms with Gasteiger partial charge in [-0.05, 0) is 35.4 Å². The van der Waals surface area contributed by atoms with Crippen LogP contribution < -0.4 is 4.72 Å². The van der Waals surface area contributed by atoms with E-state index in [0.717, 1.165) is 35.4 Å². The van der Waals surface area contributed by atoms with Crippen molar-refractivity contribution in [3.63, 3.8) is 0 Å². The smallest absolute Gasteiger partial charge is 0.264 e. The number of rotatable bonds is 7. The van der Waals surface area contributed by atoms with E-state index in [-0.39, 0.29) is 4.90 Å². The van der Waals surface area contributed by atoms with Crippen molar-refractivity contribution >= 4 is 15.9 Å². The highest BCUT2D eigenvalue weighted by Gasteiger charge is 2.20. The van der Waals surface area contributed by atoms with Crippen LogP contribution in [0, 0.1) is 5.82 Å². The number of sulfonamides is 1. The molecule has 0 heterocycles. The van der Waals surface area contributed by atoms with E-state index < -0.39 is 34.5 Å². The van der Waals surface area contributed by atoms with Gasteiger partial charge in [-0.2, -0.15) is 0 Å². The van der Waals surface area contributed by atoms with Crippen LogP contribution in [-0.4, -0.2) is 20.9 Å². The zero-order chi connectivity index (χ0) is 20.0. The molecule has 144 valence electrons. The number of nitrogens with one attached hydrogen (secondary N) is 1. The van der Waals surface area contributed by atoms with E-state index in [1.807, 2.05) is 65.4 Å². The van der Waals surface area contributed by atoms with Crippen molar-refractivity contribution in [3.8, 4) is 0 Å². The highest BCUT2D eigenvalue weighted by atomic mass is 32.2. The molecule has 0 aliphatic heterocycles. The number of ether oxygens (including phenoxy) is 1. The maximum absolute atomic E-state index is 13.0. The Hall–Kier alpha value is -3.03. The molecule has 1 amide bonds. The number of halogens is 1. The number of amides is 1. The van der Waals surface area contributed by atoms with Crippen molar-refractivity contribution in [1.29, 1.82) is 0 Å². The Balaban J connectivity index is 1.71. The van der Waals surface area contributed by atoms with Gasteiger partial charge in [0, 0.05) is 0 Å². The molecular weight excluding hydrogens is 381 g/mol. The zero-order valence-corrected chi connectivity index (χ0v) is 15.6. The molecule has 0 unspecified atom stereocenters. The summed E-state index contributed by atoms with van der Waals surface area (Å²) in [5.74, 6) is -1.39. The Morgan fingerprint density at radius 3 is 1.86 bits per heavy atom. The SMILES string of the molecule is O=C(COC(c1ccccc1)c1ccccc1)NS(=O)(=O)c1ccc(F)cc1.